The fourth-order valence-electron chi connectivity index (χ4n) is 5.53. The first-order valence-corrected chi connectivity index (χ1v) is 15.2. The number of hydrogen-bond donors (Lipinski definition) is 1. The Morgan fingerprint density at radius 1 is 0.974 bits per heavy atom. The maximum Gasteiger partial charge on any atom is 0.223 e. The van der Waals surface area contributed by atoms with Crippen LogP contribution in [0.3, 0.4) is 0 Å². The van der Waals surface area contributed by atoms with Gasteiger partial charge >= 0.3 is 0 Å². The molecule has 1 N–H and O–H groups in total. The van der Waals surface area contributed by atoms with Crippen molar-refractivity contribution in [2.75, 3.05) is 19.5 Å². The number of aryl methyl sites for hydroxylation is 1. The highest BCUT2D eigenvalue weighted by molar-refractivity contribution is 6.77. The minimum absolute atomic E-state index is 0.394. The molecule has 2 aromatic carbocycles. The van der Waals surface area contributed by atoms with Gasteiger partial charge in [0, 0.05) is 23.7 Å². The normalized spacial score (nSPS) is 12.6. The molecule has 3 rings (SSSR count). The zero-order chi connectivity index (χ0) is 28.0. The number of methoxy groups -OCH3 is 2. The van der Waals surface area contributed by atoms with Gasteiger partial charge in [-0.25, -0.2) is 0 Å². The van der Waals surface area contributed by atoms with Crippen molar-refractivity contribution >= 4 is 14.0 Å². The van der Waals surface area contributed by atoms with E-state index in [4.69, 9.17) is 18.4 Å². The maximum absolute atomic E-state index is 10.1. The van der Waals surface area contributed by atoms with Crippen LogP contribution in [0.25, 0.3) is 11.4 Å². The number of nitrogens with zero attached hydrogens (tertiary/aromatic N) is 3. The molecule has 0 spiro atoms. The minimum Gasteiger partial charge on any atom is -0.493 e. The first-order valence-electron chi connectivity index (χ1n) is 13.0. The van der Waals surface area contributed by atoms with Gasteiger partial charge in [0.05, 0.1) is 26.9 Å². The van der Waals surface area contributed by atoms with E-state index in [2.05, 4.69) is 63.1 Å². The zero-order valence-electron chi connectivity index (χ0n) is 24.0. The molecule has 1 aromatic heterocycles. The Bertz CT molecular complexity index is 1230. The molecule has 1 unspecified atom stereocenters. The second-order valence-corrected chi connectivity index (χ2v) is 15.9. The summed E-state index contributed by atoms with van der Waals surface area (Å²) in [7, 11) is 1.12. The molecule has 0 amide bonds. The SMILES string of the molecule is COc1cc(C(C#N)Nc2ccc(-c3noc(C)n3)cc2)cc(CO[Si](C(C)C)(C(C)C)C(C)C)c1OC. The molecule has 3 aromatic rings. The monoisotopic (exact) mass is 536 g/mol. The quantitative estimate of drug-likeness (QED) is 0.238. The zero-order valence-corrected chi connectivity index (χ0v) is 25.0. The third-order valence-electron chi connectivity index (χ3n) is 7.21. The Balaban J connectivity index is 1.92. The first kappa shape index (κ1) is 29.2. The van der Waals surface area contributed by atoms with Crippen LogP contribution in [-0.4, -0.2) is 32.7 Å². The number of nitriles is 1. The molecule has 0 bridgehead atoms. The van der Waals surface area contributed by atoms with Crippen LogP contribution in [0.15, 0.2) is 40.9 Å². The van der Waals surface area contributed by atoms with Gasteiger partial charge in [-0.05, 0) is 58.6 Å². The van der Waals surface area contributed by atoms with Gasteiger partial charge in [0.1, 0.15) is 6.04 Å². The highest BCUT2D eigenvalue weighted by Gasteiger charge is 2.45. The number of rotatable bonds is 12. The Morgan fingerprint density at radius 3 is 2.08 bits per heavy atom. The largest absolute Gasteiger partial charge is 0.493 e. The topological polar surface area (TPSA) is 102 Å². The van der Waals surface area contributed by atoms with Gasteiger partial charge in [-0.2, -0.15) is 10.2 Å². The van der Waals surface area contributed by atoms with Crippen molar-refractivity contribution < 1.29 is 18.4 Å². The van der Waals surface area contributed by atoms with Gasteiger partial charge < -0.3 is 23.7 Å². The Labute approximate surface area is 227 Å². The summed E-state index contributed by atoms with van der Waals surface area (Å²) < 4.78 is 23.4. The lowest BCUT2D eigenvalue weighted by atomic mass is 10.0. The minimum atomic E-state index is -2.11. The van der Waals surface area contributed by atoms with Crippen LogP contribution in [0.5, 0.6) is 11.5 Å². The summed E-state index contributed by atoms with van der Waals surface area (Å²) in [6.45, 7) is 15.7. The van der Waals surface area contributed by atoms with Crippen LogP contribution in [0, 0.1) is 18.3 Å². The molecule has 0 radical (unpaired) electrons. The van der Waals surface area contributed by atoms with Crippen LogP contribution in [0.4, 0.5) is 5.69 Å². The number of anilines is 1. The molecule has 38 heavy (non-hydrogen) atoms. The predicted octanol–water partition coefficient (Wildman–Crippen LogP) is 7.43. The van der Waals surface area contributed by atoms with Gasteiger partial charge in [-0.1, -0.05) is 46.7 Å². The number of ether oxygens (including phenoxy) is 2. The van der Waals surface area contributed by atoms with Gasteiger partial charge in [-0.3, -0.25) is 0 Å². The van der Waals surface area contributed by atoms with Crippen molar-refractivity contribution in [3.63, 3.8) is 0 Å². The molecule has 0 aliphatic heterocycles. The van der Waals surface area contributed by atoms with Crippen LogP contribution in [0.2, 0.25) is 16.6 Å². The van der Waals surface area contributed by atoms with Gasteiger partial charge in [0.2, 0.25) is 20.0 Å². The van der Waals surface area contributed by atoms with Crippen LogP contribution < -0.4 is 14.8 Å². The van der Waals surface area contributed by atoms with E-state index < -0.39 is 14.4 Å². The summed E-state index contributed by atoms with van der Waals surface area (Å²) in [6.07, 6.45) is 0. The smallest absolute Gasteiger partial charge is 0.223 e. The van der Waals surface area contributed by atoms with Crippen molar-refractivity contribution in [1.82, 2.24) is 10.1 Å². The molecular formula is C29H40N4O4Si. The summed E-state index contributed by atoms with van der Waals surface area (Å²) in [6, 6.07) is 13.2. The molecular weight excluding hydrogens is 496 g/mol. The first-order chi connectivity index (χ1) is 18.1. The summed E-state index contributed by atoms with van der Waals surface area (Å²) in [4.78, 5) is 4.26. The maximum atomic E-state index is 10.1. The molecule has 1 atom stereocenters. The van der Waals surface area contributed by atoms with Gasteiger partial charge in [0.15, 0.2) is 11.5 Å². The molecule has 0 aliphatic carbocycles. The lowest BCUT2D eigenvalue weighted by molar-refractivity contribution is 0.257. The summed E-state index contributed by atoms with van der Waals surface area (Å²) >= 11 is 0. The molecule has 0 fully saturated rings. The fourth-order valence-corrected chi connectivity index (χ4v) is 10.9. The van der Waals surface area contributed by atoms with E-state index in [1.165, 1.54) is 0 Å². The predicted molar refractivity (Wildman–Crippen MR) is 152 cm³/mol. The van der Waals surface area contributed by atoms with Crippen LogP contribution >= 0.6 is 0 Å². The van der Waals surface area contributed by atoms with E-state index in [-0.39, 0.29) is 0 Å². The van der Waals surface area contributed by atoms with Crippen molar-refractivity contribution in [1.29, 1.82) is 5.26 Å². The fraction of sp³-hybridized carbons (Fsp3) is 0.483. The van der Waals surface area contributed by atoms with E-state index in [0.29, 0.717) is 46.4 Å². The number of benzene rings is 2. The van der Waals surface area contributed by atoms with E-state index in [9.17, 15) is 5.26 Å². The molecule has 9 heteroatoms. The van der Waals surface area contributed by atoms with Crippen molar-refractivity contribution in [3.05, 3.63) is 53.4 Å². The lowest BCUT2D eigenvalue weighted by Gasteiger charge is -2.42. The van der Waals surface area contributed by atoms with Crippen LogP contribution in [0.1, 0.15) is 64.6 Å². The highest BCUT2D eigenvalue weighted by atomic mass is 28.4. The van der Waals surface area contributed by atoms with Gasteiger partial charge in [-0.15, -0.1) is 0 Å². The third kappa shape index (κ3) is 6.03. The Kier molecular flexibility index (Phi) is 9.58. The van der Waals surface area contributed by atoms with Crippen LogP contribution in [-0.2, 0) is 11.0 Å². The van der Waals surface area contributed by atoms with Crippen molar-refractivity contribution in [2.24, 2.45) is 0 Å². The summed E-state index contributed by atoms with van der Waals surface area (Å²) in [5.41, 5.74) is 4.61. The van der Waals surface area contributed by atoms with Crippen molar-refractivity contribution in [3.8, 4) is 29.0 Å². The lowest BCUT2D eigenvalue weighted by Crippen LogP contribution is -2.47. The molecule has 1 heterocycles. The average molecular weight is 537 g/mol. The summed E-state index contributed by atoms with van der Waals surface area (Å²) in [5.74, 6) is 2.24. The molecule has 8 nitrogen and oxygen atoms in total. The number of hydrogen-bond acceptors (Lipinski definition) is 8. The van der Waals surface area contributed by atoms with E-state index in [0.717, 1.165) is 22.4 Å². The second-order valence-electron chi connectivity index (χ2n) is 10.4. The van der Waals surface area contributed by atoms with E-state index >= 15 is 0 Å². The average Bonchev–Trinajstić information content (AvgIpc) is 3.32. The third-order valence-corrected chi connectivity index (χ3v) is 13.3. The Morgan fingerprint density at radius 2 is 1.61 bits per heavy atom. The van der Waals surface area contributed by atoms with E-state index in [1.54, 1.807) is 21.1 Å². The molecule has 0 saturated heterocycles. The van der Waals surface area contributed by atoms with Crippen molar-refractivity contribution in [2.45, 2.75) is 77.7 Å². The summed E-state index contributed by atoms with van der Waals surface area (Å²) in [5, 5.41) is 17.4. The molecule has 0 saturated carbocycles. The standard InChI is InChI=1S/C29H40N4O4Si/c1-18(2)38(19(3)4,20(5)6)36-17-24-14-23(15-27(34-8)28(24)35-9)26(16-30)32-25-12-10-22(11-13-25)29-31-21(7)37-33-29/h10-15,18-20,26,32H,17H2,1-9H3. The molecule has 204 valence electrons. The second kappa shape index (κ2) is 12.5. The highest BCUT2D eigenvalue weighted by Crippen LogP contribution is 2.44. The Hall–Kier alpha value is -3.35. The van der Waals surface area contributed by atoms with E-state index in [1.807, 2.05) is 36.4 Å². The molecule has 0 aliphatic rings. The number of nitrogens with one attached hydrogen (secondary N) is 1. The number of aromatic nitrogens is 2. The van der Waals surface area contributed by atoms with Gasteiger partial charge in [0.25, 0.3) is 0 Å².